The van der Waals surface area contributed by atoms with E-state index in [0.717, 1.165) is 5.56 Å². The summed E-state index contributed by atoms with van der Waals surface area (Å²) in [4.78, 5) is 15.9. The van der Waals surface area contributed by atoms with Gasteiger partial charge in [-0.15, -0.1) is 0 Å². The number of rotatable bonds is 6. The lowest BCUT2D eigenvalue weighted by molar-refractivity contribution is -0.143. The molecule has 0 bridgehead atoms. The van der Waals surface area contributed by atoms with Gasteiger partial charge in [-0.05, 0) is 60.8 Å². The van der Waals surface area contributed by atoms with E-state index in [1.807, 2.05) is 4.90 Å². The fourth-order valence-corrected chi connectivity index (χ4v) is 4.35. The third-order valence-corrected chi connectivity index (χ3v) is 5.93. The monoisotopic (exact) mass is 516 g/mol. The molecule has 2 heterocycles. The molecule has 1 aliphatic rings. The Morgan fingerprint density at radius 1 is 1.03 bits per heavy atom. The first-order valence-corrected chi connectivity index (χ1v) is 11.0. The van der Waals surface area contributed by atoms with E-state index in [9.17, 15) is 36.2 Å². The predicted octanol–water partition coefficient (Wildman–Crippen LogP) is 4.76. The van der Waals surface area contributed by atoms with Crippen molar-refractivity contribution in [2.75, 3.05) is 6.54 Å². The molecule has 0 amide bonds. The van der Waals surface area contributed by atoms with E-state index < -0.39 is 47.9 Å². The first-order valence-electron chi connectivity index (χ1n) is 11.0. The minimum atomic E-state index is -4.95. The van der Waals surface area contributed by atoms with Crippen LogP contribution in [0, 0.1) is 0 Å². The number of phenolic OH excluding ortho intramolecular Hbond substituents is 1. The van der Waals surface area contributed by atoms with E-state index in [2.05, 4.69) is 15.2 Å². The van der Waals surface area contributed by atoms with Crippen molar-refractivity contribution in [1.82, 2.24) is 20.1 Å². The van der Waals surface area contributed by atoms with E-state index in [-0.39, 0.29) is 23.9 Å². The van der Waals surface area contributed by atoms with E-state index in [0.29, 0.717) is 37.3 Å². The minimum Gasteiger partial charge on any atom is -0.508 e. The molecule has 194 valence electrons. The van der Waals surface area contributed by atoms with Crippen molar-refractivity contribution >= 4 is 0 Å². The average Bonchev–Trinajstić information content (AvgIpc) is 3.21. The first kappa shape index (κ1) is 25.8. The number of aromatic hydroxyl groups is 1. The maximum atomic E-state index is 13.2. The van der Waals surface area contributed by atoms with Gasteiger partial charge in [0.2, 0.25) is 0 Å². The molecule has 36 heavy (non-hydrogen) atoms. The zero-order valence-corrected chi connectivity index (χ0v) is 18.7. The largest absolute Gasteiger partial charge is 0.508 e. The van der Waals surface area contributed by atoms with Crippen molar-refractivity contribution < 1.29 is 36.2 Å². The predicted molar refractivity (Wildman–Crippen MR) is 115 cm³/mol. The van der Waals surface area contributed by atoms with Crippen LogP contribution in [-0.4, -0.2) is 37.8 Å². The average molecular weight is 516 g/mol. The molecule has 13 heteroatoms. The van der Waals surface area contributed by atoms with Gasteiger partial charge in [0.25, 0.3) is 0 Å². The van der Waals surface area contributed by atoms with Gasteiger partial charge >= 0.3 is 18.0 Å². The molecule has 0 aliphatic carbocycles. The number of ether oxygens (including phenoxy) is 1. The topological polar surface area (TPSA) is 94.2 Å². The maximum absolute atomic E-state index is 13.2. The Hall–Kier alpha value is -3.32. The van der Waals surface area contributed by atoms with Gasteiger partial charge in [0.15, 0.2) is 0 Å². The molecule has 0 radical (unpaired) electrons. The van der Waals surface area contributed by atoms with Gasteiger partial charge in [-0.2, -0.15) is 31.4 Å². The molecule has 0 saturated carbocycles. The zero-order chi connectivity index (χ0) is 26.1. The number of likely N-dealkylation sites (tertiary alicyclic amines) is 1. The third kappa shape index (κ3) is 6.08. The first-order chi connectivity index (χ1) is 16.9. The van der Waals surface area contributed by atoms with Crippen LogP contribution in [0.2, 0.25) is 0 Å². The fourth-order valence-electron chi connectivity index (χ4n) is 4.35. The molecular formula is C23H22F6N4O3. The van der Waals surface area contributed by atoms with Crippen LogP contribution >= 0.6 is 0 Å². The van der Waals surface area contributed by atoms with Crippen LogP contribution in [0.1, 0.15) is 47.0 Å². The van der Waals surface area contributed by atoms with Crippen LogP contribution in [0.3, 0.4) is 0 Å². The van der Waals surface area contributed by atoms with Gasteiger partial charge in [0.05, 0.1) is 36.4 Å². The summed E-state index contributed by atoms with van der Waals surface area (Å²) < 4.78 is 85.4. The van der Waals surface area contributed by atoms with Gasteiger partial charge in [-0.25, -0.2) is 9.89 Å². The Labute approximate surface area is 200 Å². The minimum absolute atomic E-state index is 0.0267. The Morgan fingerprint density at radius 2 is 1.67 bits per heavy atom. The Balaban J connectivity index is 1.61. The summed E-state index contributed by atoms with van der Waals surface area (Å²) in [5, 5.41) is 15.9. The van der Waals surface area contributed by atoms with Crippen LogP contribution in [-0.2, 0) is 30.2 Å². The van der Waals surface area contributed by atoms with Gasteiger partial charge in [-0.3, -0.25) is 9.88 Å². The quantitative estimate of drug-likeness (QED) is 0.411. The Bertz CT molecular complexity index is 1200. The van der Waals surface area contributed by atoms with E-state index in [1.165, 1.54) is 12.1 Å². The van der Waals surface area contributed by atoms with Crippen LogP contribution in [0.25, 0.3) is 0 Å². The van der Waals surface area contributed by atoms with Crippen molar-refractivity contribution in [3.05, 3.63) is 81.0 Å². The molecule has 0 unspecified atom stereocenters. The number of phenols is 1. The second-order valence-corrected chi connectivity index (χ2v) is 8.54. The standard InChI is InChI=1S/C23H22F6N4O3/c24-22(25,26)15-8-13(9-16(10-15)23(27,28)29)12-36-18-2-1-7-33(11-19-30-21(35)32-31-19)20(18)14-3-5-17(34)6-4-14/h3-6,8-10,18,20,34H,1-2,7,11-12H2,(H2,30,31,32,35)/t18-,20-/m0/s1. The lowest BCUT2D eigenvalue weighted by Crippen LogP contribution is -2.42. The molecule has 1 fully saturated rings. The second kappa shape index (κ2) is 9.97. The number of halogens is 6. The summed E-state index contributed by atoms with van der Waals surface area (Å²) in [6.07, 6.45) is -9.38. The number of nitrogens with zero attached hydrogens (tertiary/aromatic N) is 2. The molecule has 1 aliphatic heterocycles. The summed E-state index contributed by atoms with van der Waals surface area (Å²) in [7, 11) is 0. The molecular weight excluding hydrogens is 494 g/mol. The molecule has 7 nitrogen and oxygen atoms in total. The van der Waals surface area contributed by atoms with Crippen LogP contribution < -0.4 is 5.69 Å². The van der Waals surface area contributed by atoms with Crippen molar-refractivity contribution in [1.29, 1.82) is 0 Å². The molecule has 2 aromatic carbocycles. The highest BCUT2D eigenvalue weighted by Crippen LogP contribution is 2.38. The fraction of sp³-hybridized carbons (Fsp3) is 0.391. The maximum Gasteiger partial charge on any atom is 0.416 e. The van der Waals surface area contributed by atoms with Gasteiger partial charge in [0, 0.05) is 0 Å². The summed E-state index contributed by atoms with van der Waals surface area (Å²) in [5.41, 5.74) is -2.83. The van der Waals surface area contributed by atoms with Crippen molar-refractivity contribution in [3.63, 3.8) is 0 Å². The normalized spacial score (nSPS) is 19.5. The van der Waals surface area contributed by atoms with Crippen LogP contribution in [0.5, 0.6) is 5.75 Å². The lowest BCUT2D eigenvalue weighted by atomic mass is 9.92. The summed E-state index contributed by atoms with van der Waals surface area (Å²) in [5.74, 6) is 0.385. The molecule has 4 rings (SSSR count). The van der Waals surface area contributed by atoms with Crippen molar-refractivity contribution in [2.24, 2.45) is 0 Å². The second-order valence-electron chi connectivity index (χ2n) is 8.54. The Morgan fingerprint density at radius 3 is 2.22 bits per heavy atom. The molecule has 1 aromatic heterocycles. The van der Waals surface area contributed by atoms with Gasteiger partial charge < -0.3 is 9.84 Å². The number of hydrogen-bond acceptors (Lipinski definition) is 5. The number of aromatic amines is 2. The number of piperidine rings is 1. The van der Waals surface area contributed by atoms with Crippen molar-refractivity contribution in [2.45, 2.75) is 50.5 Å². The number of aromatic nitrogens is 3. The molecule has 1 saturated heterocycles. The highest BCUT2D eigenvalue weighted by Gasteiger charge is 2.38. The SMILES string of the molecule is O=c1[nH]nc(CN2CCC[C@H](OCc3cc(C(F)(F)F)cc(C(F)(F)F)c3)[C@@H]2c2ccc(O)cc2)[nH]1. The highest BCUT2D eigenvalue weighted by molar-refractivity contribution is 5.33. The molecule has 3 N–H and O–H groups in total. The smallest absolute Gasteiger partial charge is 0.416 e. The summed E-state index contributed by atoms with van der Waals surface area (Å²) in [6.45, 7) is 0.313. The molecule has 2 atom stereocenters. The van der Waals surface area contributed by atoms with Gasteiger partial charge in [-0.1, -0.05) is 12.1 Å². The third-order valence-electron chi connectivity index (χ3n) is 5.93. The van der Waals surface area contributed by atoms with Crippen LogP contribution in [0.4, 0.5) is 26.3 Å². The zero-order valence-electron chi connectivity index (χ0n) is 18.7. The number of H-pyrrole nitrogens is 2. The summed E-state index contributed by atoms with van der Waals surface area (Å²) in [6, 6.07) is 7.18. The highest BCUT2D eigenvalue weighted by atomic mass is 19.4. The number of alkyl halides is 6. The number of benzene rings is 2. The van der Waals surface area contributed by atoms with Crippen molar-refractivity contribution in [3.8, 4) is 5.75 Å². The summed E-state index contributed by atoms with van der Waals surface area (Å²) >= 11 is 0. The molecule has 3 aromatic rings. The number of hydrogen-bond donors (Lipinski definition) is 3. The van der Waals surface area contributed by atoms with E-state index in [1.54, 1.807) is 12.1 Å². The lowest BCUT2D eigenvalue weighted by Gasteiger charge is -2.41. The van der Waals surface area contributed by atoms with Gasteiger partial charge in [0.1, 0.15) is 11.6 Å². The van der Waals surface area contributed by atoms with E-state index >= 15 is 0 Å². The van der Waals surface area contributed by atoms with E-state index in [4.69, 9.17) is 4.74 Å². The Kier molecular flexibility index (Phi) is 7.14. The van der Waals surface area contributed by atoms with Crippen LogP contribution in [0.15, 0.2) is 47.3 Å². The number of nitrogens with one attached hydrogen (secondary N) is 2. The molecule has 0 spiro atoms.